The molecule has 0 saturated carbocycles. The van der Waals surface area contributed by atoms with Crippen molar-refractivity contribution in [2.75, 3.05) is 0 Å². The van der Waals surface area contributed by atoms with Gasteiger partial charge in [0.2, 0.25) is 0 Å². The summed E-state index contributed by atoms with van der Waals surface area (Å²) >= 11 is 5.11. The third-order valence-corrected chi connectivity index (χ3v) is 4.27. The van der Waals surface area contributed by atoms with E-state index in [0.29, 0.717) is 27.0 Å². The number of aryl methyl sites for hydroxylation is 1. The highest BCUT2D eigenvalue weighted by Crippen LogP contribution is 2.17. The molecule has 7 heteroatoms. The van der Waals surface area contributed by atoms with Gasteiger partial charge in [-0.15, -0.1) is 0 Å². The molecule has 3 rings (SSSR count). The molecule has 1 amide bonds. The number of hydrogen-bond acceptors (Lipinski definition) is 4. The van der Waals surface area contributed by atoms with E-state index in [4.69, 9.17) is 16.6 Å². The number of rotatable bonds is 3. The van der Waals surface area contributed by atoms with Gasteiger partial charge >= 0.3 is 0 Å². The van der Waals surface area contributed by atoms with Crippen LogP contribution in [0.3, 0.4) is 0 Å². The lowest BCUT2D eigenvalue weighted by atomic mass is 10.1. The number of fused-ring (bicyclic) bond motifs is 1. The number of amides is 1. The average Bonchev–Trinajstić information content (AvgIpc) is 2.99. The standard InChI is InChI=1S/C17H17N3O3S/c1-9-4-7-14(23-9)10(2)18-15(21)11-5-6-12-13(8-11)19-17(24)20(3)16(12)22/h4-8,10H,1-3H3,(H,18,21)(H,19,24). The first-order valence-corrected chi connectivity index (χ1v) is 7.88. The lowest BCUT2D eigenvalue weighted by Gasteiger charge is -2.12. The zero-order valence-corrected chi connectivity index (χ0v) is 14.4. The molecule has 2 heterocycles. The number of H-pyrrole nitrogens is 1. The lowest BCUT2D eigenvalue weighted by molar-refractivity contribution is 0.0935. The molecule has 0 spiro atoms. The molecule has 1 unspecified atom stereocenters. The van der Waals surface area contributed by atoms with Crippen molar-refractivity contribution in [1.82, 2.24) is 14.9 Å². The fourth-order valence-corrected chi connectivity index (χ4v) is 2.68. The van der Waals surface area contributed by atoms with E-state index in [1.54, 1.807) is 25.2 Å². The predicted octanol–water partition coefficient (Wildman–Crippen LogP) is 2.99. The van der Waals surface area contributed by atoms with E-state index < -0.39 is 0 Å². The molecule has 0 aliphatic heterocycles. The van der Waals surface area contributed by atoms with Crippen LogP contribution in [0.2, 0.25) is 0 Å². The number of benzene rings is 1. The number of aromatic nitrogens is 2. The van der Waals surface area contributed by atoms with Crippen LogP contribution in [0.5, 0.6) is 0 Å². The van der Waals surface area contributed by atoms with E-state index >= 15 is 0 Å². The third-order valence-electron chi connectivity index (χ3n) is 3.90. The number of carbonyl (C=O) groups is 1. The smallest absolute Gasteiger partial charge is 0.261 e. The normalized spacial score (nSPS) is 12.3. The first-order valence-electron chi connectivity index (χ1n) is 7.47. The SMILES string of the molecule is Cc1ccc(C(C)NC(=O)c2ccc3c(=O)n(C)c(=S)[nH]c3c2)o1. The molecule has 0 aliphatic rings. The molecule has 124 valence electrons. The van der Waals surface area contributed by atoms with Crippen LogP contribution in [0.25, 0.3) is 10.9 Å². The second-order valence-corrected chi connectivity index (χ2v) is 6.08. The van der Waals surface area contributed by atoms with E-state index in [1.807, 2.05) is 26.0 Å². The van der Waals surface area contributed by atoms with E-state index in [0.717, 1.165) is 5.76 Å². The van der Waals surface area contributed by atoms with Gasteiger partial charge in [-0.05, 0) is 56.4 Å². The summed E-state index contributed by atoms with van der Waals surface area (Å²) in [4.78, 5) is 27.6. The first kappa shape index (κ1) is 16.2. The van der Waals surface area contributed by atoms with Gasteiger partial charge in [0.15, 0.2) is 4.77 Å². The zero-order chi connectivity index (χ0) is 17.4. The summed E-state index contributed by atoms with van der Waals surface area (Å²) in [5.41, 5.74) is 0.786. The molecule has 2 N–H and O–H groups in total. The van der Waals surface area contributed by atoms with Gasteiger partial charge in [-0.3, -0.25) is 14.2 Å². The molecule has 2 aromatic heterocycles. The number of nitrogens with one attached hydrogen (secondary N) is 2. The summed E-state index contributed by atoms with van der Waals surface area (Å²) in [6, 6.07) is 8.30. The molecule has 6 nitrogen and oxygen atoms in total. The van der Waals surface area contributed by atoms with Crippen LogP contribution < -0.4 is 10.9 Å². The minimum absolute atomic E-state index is 0.194. The maximum Gasteiger partial charge on any atom is 0.261 e. The van der Waals surface area contributed by atoms with Gasteiger partial charge < -0.3 is 14.7 Å². The molecule has 0 fully saturated rings. The maximum atomic E-state index is 12.4. The van der Waals surface area contributed by atoms with Gasteiger partial charge in [0.25, 0.3) is 11.5 Å². The Balaban J connectivity index is 1.91. The molecule has 1 aromatic carbocycles. The molecule has 0 bridgehead atoms. The van der Waals surface area contributed by atoms with Crippen LogP contribution in [0.15, 0.2) is 39.5 Å². The number of furan rings is 1. The van der Waals surface area contributed by atoms with E-state index in [9.17, 15) is 9.59 Å². The molecule has 3 aromatic rings. The van der Waals surface area contributed by atoms with E-state index in [-0.39, 0.29) is 17.5 Å². The molecule has 0 saturated heterocycles. The van der Waals surface area contributed by atoms with Gasteiger partial charge in [0.05, 0.1) is 16.9 Å². The summed E-state index contributed by atoms with van der Waals surface area (Å²) in [5, 5.41) is 3.36. The van der Waals surface area contributed by atoms with Crippen molar-refractivity contribution in [3.8, 4) is 0 Å². The zero-order valence-electron chi connectivity index (χ0n) is 13.5. The van der Waals surface area contributed by atoms with Crippen LogP contribution in [0.4, 0.5) is 0 Å². The number of aromatic amines is 1. The summed E-state index contributed by atoms with van der Waals surface area (Å²) in [7, 11) is 1.61. The Kier molecular flexibility index (Phi) is 4.11. The second kappa shape index (κ2) is 6.09. The summed E-state index contributed by atoms with van der Waals surface area (Å²) in [6.07, 6.45) is 0. The number of hydrogen-bond donors (Lipinski definition) is 2. The molecule has 0 radical (unpaired) electrons. The molecule has 0 aliphatic carbocycles. The minimum Gasteiger partial charge on any atom is -0.464 e. The summed E-state index contributed by atoms with van der Waals surface area (Å²) in [6.45, 7) is 3.70. The average molecular weight is 343 g/mol. The van der Waals surface area contributed by atoms with Crippen molar-refractivity contribution < 1.29 is 9.21 Å². The lowest BCUT2D eigenvalue weighted by Crippen LogP contribution is -2.26. The molecular weight excluding hydrogens is 326 g/mol. The van der Waals surface area contributed by atoms with Crippen LogP contribution >= 0.6 is 12.2 Å². The van der Waals surface area contributed by atoms with Crippen molar-refractivity contribution in [1.29, 1.82) is 0 Å². The van der Waals surface area contributed by atoms with Gasteiger partial charge in [0, 0.05) is 12.6 Å². The summed E-state index contributed by atoms with van der Waals surface area (Å²) < 4.78 is 7.19. The Morgan fingerprint density at radius 3 is 2.75 bits per heavy atom. The maximum absolute atomic E-state index is 12.4. The van der Waals surface area contributed by atoms with Crippen molar-refractivity contribution in [2.45, 2.75) is 19.9 Å². The Bertz CT molecular complexity index is 1050. The third kappa shape index (κ3) is 2.90. The Morgan fingerprint density at radius 2 is 2.08 bits per heavy atom. The van der Waals surface area contributed by atoms with Crippen LogP contribution in [0, 0.1) is 11.7 Å². The largest absolute Gasteiger partial charge is 0.464 e. The Labute approximate surface area is 143 Å². The van der Waals surface area contributed by atoms with Crippen LogP contribution in [0.1, 0.15) is 34.8 Å². The highest BCUT2D eigenvalue weighted by Gasteiger charge is 2.15. The number of nitrogens with zero attached hydrogens (tertiary/aromatic N) is 1. The fourth-order valence-electron chi connectivity index (χ4n) is 2.48. The molecule has 1 atom stereocenters. The summed E-state index contributed by atoms with van der Waals surface area (Å²) in [5.74, 6) is 1.23. The van der Waals surface area contributed by atoms with Crippen molar-refractivity contribution in [2.24, 2.45) is 7.05 Å². The van der Waals surface area contributed by atoms with Crippen molar-refractivity contribution in [3.63, 3.8) is 0 Å². The quantitative estimate of drug-likeness (QED) is 0.717. The van der Waals surface area contributed by atoms with Crippen molar-refractivity contribution in [3.05, 3.63) is 62.5 Å². The fraction of sp³-hybridized carbons (Fsp3) is 0.235. The first-order chi connectivity index (χ1) is 11.4. The monoisotopic (exact) mass is 343 g/mol. The van der Waals surface area contributed by atoms with Crippen LogP contribution in [-0.4, -0.2) is 15.5 Å². The van der Waals surface area contributed by atoms with Gasteiger partial charge in [0.1, 0.15) is 11.5 Å². The minimum atomic E-state index is -0.260. The second-order valence-electron chi connectivity index (χ2n) is 5.70. The van der Waals surface area contributed by atoms with Crippen molar-refractivity contribution >= 4 is 29.0 Å². The van der Waals surface area contributed by atoms with Crippen LogP contribution in [-0.2, 0) is 7.05 Å². The Hall–Kier alpha value is -2.67. The highest BCUT2D eigenvalue weighted by molar-refractivity contribution is 7.71. The molecule has 24 heavy (non-hydrogen) atoms. The van der Waals surface area contributed by atoms with E-state index in [2.05, 4.69) is 10.3 Å². The van der Waals surface area contributed by atoms with Gasteiger partial charge in [-0.25, -0.2) is 0 Å². The topological polar surface area (TPSA) is 80.0 Å². The number of carbonyl (C=O) groups excluding carboxylic acids is 1. The van der Waals surface area contributed by atoms with E-state index in [1.165, 1.54) is 4.57 Å². The highest BCUT2D eigenvalue weighted by atomic mass is 32.1. The predicted molar refractivity (Wildman–Crippen MR) is 93.7 cm³/mol. The Morgan fingerprint density at radius 1 is 1.33 bits per heavy atom. The van der Waals surface area contributed by atoms with Gasteiger partial charge in [-0.2, -0.15) is 0 Å². The molecular formula is C17H17N3O3S. The van der Waals surface area contributed by atoms with Gasteiger partial charge in [-0.1, -0.05) is 0 Å².